The maximum absolute atomic E-state index is 13.8. The third kappa shape index (κ3) is 5.91. The van der Waals surface area contributed by atoms with Gasteiger partial charge in [-0.1, -0.05) is 85.8 Å². The number of hydrogen-bond donors (Lipinski definition) is 2. The summed E-state index contributed by atoms with van der Waals surface area (Å²) in [5.41, 5.74) is 6.65. The van der Waals surface area contributed by atoms with Crippen LogP contribution in [0.15, 0.2) is 104 Å². The molecule has 3 N–H and O–H groups in total. The van der Waals surface area contributed by atoms with Gasteiger partial charge in [-0.3, -0.25) is 28.5 Å². The van der Waals surface area contributed by atoms with Crippen LogP contribution in [-0.4, -0.2) is 37.3 Å². The van der Waals surface area contributed by atoms with E-state index in [9.17, 15) is 19.2 Å². The van der Waals surface area contributed by atoms with E-state index in [1.165, 1.54) is 14.0 Å². The molecule has 0 radical (unpaired) electrons. The van der Waals surface area contributed by atoms with E-state index in [4.69, 9.17) is 10.7 Å². The lowest BCUT2D eigenvalue weighted by Crippen LogP contribution is -2.42. The van der Waals surface area contributed by atoms with Gasteiger partial charge in [0.15, 0.2) is 10.8 Å². The Morgan fingerprint density at radius 1 is 0.952 bits per heavy atom. The first-order valence-corrected chi connectivity index (χ1v) is 14.5. The number of hydrogen-bond acceptors (Lipinski definition) is 7. The molecular formula is C31H30N6O4S. The number of nitrogens with zero attached hydrogens (tertiary/aromatic N) is 4. The minimum atomic E-state index is -0.735. The summed E-state index contributed by atoms with van der Waals surface area (Å²) in [6.07, 6.45) is 1.37. The van der Waals surface area contributed by atoms with E-state index in [-0.39, 0.29) is 35.9 Å². The molecule has 3 aromatic carbocycles. The van der Waals surface area contributed by atoms with Crippen LogP contribution >= 0.6 is 11.8 Å². The largest absolute Gasteiger partial charge is 0.383 e. The van der Waals surface area contributed by atoms with Crippen LogP contribution < -0.4 is 27.4 Å². The van der Waals surface area contributed by atoms with Crippen molar-refractivity contribution in [2.45, 2.75) is 31.5 Å². The van der Waals surface area contributed by atoms with Gasteiger partial charge in [0.05, 0.1) is 28.9 Å². The molecule has 0 spiro atoms. The molecule has 0 fully saturated rings. The maximum Gasteiger partial charge on any atom is 0.330 e. The minimum Gasteiger partial charge on any atom is -0.383 e. The molecule has 42 heavy (non-hydrogen) atoms. The van der Waals surface area contributed by atoms with Gasteiger partial charge in [0.1, 0.15) is 5.82 Å². The highest BCUT2D eigenvalue weighted by molar-refractivity contribution is 7.99. The summed E-state index contributed by atoms with van der Waals surface area (Å²) in [4.78, 5) is 61.4. The Morgan fingerprint density at radius 2 is 1.62 bits per heavy atom. The molecule has 10 nitrogen and oxygen atoms in total. The lowest BCUT2D eigenvalue weighted by Gasteiger charge is -2.24. The van der Waals surface area contributed by atoms with E-state index in [0.717, 1.165) is 23.7 Å². The Morgan fingerprint density at radius 3 is 2.33 bits per heavy atom. The molecule has 1 amide bonds. The molecule has 5 rings (SSSR count). The second kappa shape index (κ2) is 12.7. The molecule has 0 aliphatic rings. The van der Waals surface area contributed by atoms with E-state index in [2.05, 4.69) is 4.98 Å². The molecule has 2 heterocycles. The number of benzene rings is 3. The number of unbranched alkanes of at least 4 members (excludes halogenated alkanes) is 1. The first-order valence-electron chi connectivity index (χ1n) is 13.6. The van der Waals surface area contributed by atoms with E-state index in [0.29, 0.717) is 28.2 Å². The number of aromatic nitrogens is 4. The Kier molecular flexibility index (Phi) is 8.68. The number of fused-ring (bicyclic) bond motifs is 1. The molecule has 0 aliphatic heterocycles. The van der Waals surface area contributed by atoms with Crippen molar-refractivity contribution in [3.05, 3.63) is 122 Å². The fourth-order valence-corrected chi connectivity index (χ4v) is 5.55. The quantitative estimate of drug-likeness (QED) is 0.189. The van der Waals surface area contributed by atoms with E-state index in [1.807, 2.05) is 55.5 Å². The van der Waals surface area contributed by atoms with Gasteiger partial charge in [-0.05, 0) is 36.2 Å². The number of thioether (sulfide) groups is 1. The molecular weight excluding hydrogens is 552 g/mol. The van der Waals surface area contributed by atoms with Crippen molar-refractivity contribution in [3.63, 3.8) is 0 Å². The second-order valence-corrected chi connectivity index (χ2v) is 10.6. The number of carbonyl (C=O) groups excluding carboxylic acids is 1. The van der Waals surface area contributed by atoms with Crippen molar-refractivity contribution in [2.75, 3.05) is 22.9 Å². The normalized spacial score (nSPS) is 11.1. The highest BCUT2D eigenvalue weighted by atomic mass is 32.2. The van der Waals surface area contributed by atoms with E-state index in [1.54, 1.807) is 36.4 Å². The van der Waals surface area contributed by atoms with Gasteiger partial charge in [-0.2, -0.15) is 0 Å². The number of rotatable bonds is 10. The number of para-hydroxylation sites is 2. The van der Waals surface area contributed by atoms with Gasteiger partial charge < -0.3 is 10.6 Å². The molecule has 0 saturated carbocycles. The predicted octanol–water partition coefficient (Wildman–Crippen LogP) is 3.79. The van der Waals surface area contributed by atoms with Crippen molar-refractivity contribution in [1.82, 2.24) is 19.1 Å². The van der Waals surface area contributed by atoms with Crippen molar-refractivity contribution >= 4 is 40.1 Å². The summed E-state index contributed by atoms with van der Waals surface area (Å²) in [6, 6.07) is 25.4. The zero-order valence-electron chi connectivity index (χ0n) is 23.0. The van der Waals surface area contributed by atoms with Crippen molar-refractivity contribution in [1.29, 1.82) is 0 Å². The third-order valence-corrected chi connectivity index (χ3v) is 7.71. The van der Waals surface area contributed by atoms with Crippen molar-refractivity contribution < 1.29 is 4.79 Å². The van der Waals surface area contributed by atoms with Crippen LogP contribution in [0.4, 0.5) is 11.5 Å². The number of amides is 1. The van der Waals surface area contributed by atoms with Gasteiger partial charge in [-0.25, -0.2) is 9.78 Å². The topological polar surface area (TPSA) is 136 Å². The Bertz CT molecular complexity index is 1900. The number of nitrogen functional groups attached to an aromatic ring is 1. The Hall–Kier alpha value is -4.90. The predicted molar refractivity (Wildman–Crippen MR) is 167 cm³/mol. The number of nitrogens with one attached hydrogen (secondary N) is 1. The van der Waals surface area contributed by atoms with Crippen LogP contribution in [0.2, 0.25) is 0 Å². The SMILES string of the molecule is CCCCN(C(=O)CSc1nc2ccccc2c(=O)n1-c1ccccc1)c1c(N)n(Cc2ccccc2)c(=O)[nH]c1=O. The van der Waals surface area contributed by atoms with E-state index >= 15 is 0 Å². The molecule has 2 aromatic heterocycles. The third-order valence-electron chi connectivity index (χ3n) is 6.79. The fourth-order valence-electron chi connectivity index (χ4n) is 4.66. The van der Waals surface area contributed by atoms with Gasteiger partial charge in [0.2, 0.25) is 5.91 Å². The number of carbonyl (C=O) groups is 1. The Balaban J connectivity index is 1.52. The van der Waals surface area contributed by atoms with Crippen LogP contribution in [0.5, 0.6) is 0 Å². The average molecular weight is 583 g/mol. The van der Waals surface area contributed by atoms with Crippen LogP contribution in [-0.2, 0) is 11.3 Å². The fraction of sp³-hybridized carbons (Fsp3) is 0.194. The summed E-state index contributed by atoms with van der Waals surface area (Å²) in [6.45, 7) is 2.33. The molecule has 0 aliphatic carbocycles. The summed E-state index contributed by atoms with van der Waals surface area (Å²) >= 11 is 1.10. The molecule has 0 bridgehead atoms. The molecule has 214 valence electrons. The summed E-state index contributed by atoms with van der Waals surface area (Å²) in [7, 11) is 0. The molecule has 0 saturated heterocycles. The molecule has 0 atom stereocenters. The molecule has 0 unspecified atom stereocenters. The van der Waals surface area contributed by atoms with Crippen LogP contribution in [0.25, 0.3) is 16.6 Å². The number of nitrogens with two attached hydrogens (primary N) is 1. The van der Waals surface area contributed by atoms with Gasteiger partial charge in [0, 0.05) is 6.54 Å². The average Bonchev–Trinajstić information content (AvgIpc) is 3.00. The summed E-state index contributed by atoms with van der Waals surface area (Å²) in [5, 5.41) is 0.797. The maximum atomic E-state index is 13.8. The van der Waals surface area contributed by atoms with Crippen molar-refractivity contribution in [2.24, 2.45) is 0 Å². The Labute approximate surface area is 245 Å². The van der Waals surface area contributed by atoms with Crippen LogP contribution in [0, 0.1) is 0 Å². The van der Waals surface area contributed by atoms with Gasteiger partial charge >= 0.3 is 5.69 Å². The van der Waals surface area contributed by atoms with Crippen LogP contribution in [0.3, 0.4) is 0 Å². The lowest BCUT2D eigenvalue weighted by atomic mass is 10.2. The summed E-state index contributed by atoms with van der Waals surface area (Å²) < 4.78 is 2.74. The molecule has 5 aromatic rings. The number of H-pyrrole nitrogens is 1. The first-order chi connectivity index (χ1) is 20.4. The first kappa shape index (κ1) is 28.6. The van der Waals surface area contributed by atoms with Crippen molar-refractivity contribution in [3.8, 4) is 5.69 Å². The van der Waals surface area contributed by atoms with Crippen LogP contribution in [0.1, 0.15) is 25.3 Å². The van der Waals surface area contributed by atoms with Gasteiger partial charge in [0.25, 0.3) is 11.1 Å². The zero-order valence-corrected chi connectivity index (χ0v) is 23.8. The lowest BCUT2D eigenvalue weighted by molar-refractivity contribution is -0.116. The van der Waals surface area contributed by atoms with E-state index < -0.39 is 17.2 Å². The highest BCUT2D eigenvalue weighted by Gasteiger charge is 2.25. The molecule has 11 heteroatoms. The highest BCUT2D eigenvalue weighted by Crippen LogP contribution is 2.24. The zero-order chi connectivity index (χ0) is 29.6. The summed E-state index contributed by atoms with van der Waals surface area (Å²) in [5.74, 6) is -0.623. The van der Waals surface area contributed by atoms with Gasteiger partial charge in [-0.15, -0.1) is 0 Å². The smallest absolute Gasteiger partial charge is 0.330 e. The second-order valence-electron chi connectivity index (χ2n) is 9.64. The standard InChI is InChI=1S/C31H30N6O4S/c1-2-3-18-35(26-27(32)36(30(41)34-28(26)39)19-21-12-6-4-7-13-21)25(38)20-42-31-33-24-17-11-10-16-23(24)29(40)37(31)22-14-8-5-9-15-22/h4-17H,2-3,18-20,32H2,1H3,(H,34,39,41). The monoisotopic (exact) mass is 582 g/mol. The number of aromatic amines is 1. The number of anilines is 2. The minimum absolute atomic E-state index is 0.0727.